The Morgan fingerprint density at radius 2 is 2.05 bits per heavy atom. The Labute approximate surface area is 122 Å². The molecule has 0 unspecified atom stereocenters. The monoisotopic (exact) mass is 287 g/mol. The van der Waals surface area contributed by atoms with Crippen LogP contribution in [-0.2, 0) is 6.54 Å². The maximum atomic E-state index is 10.8. The second-order valence-electron chi connectivity index (χ2n) is 4.64. The average molecular weight is 287 g/mol. The van der Waals surface area contributed by atoms with Gasteiger partial charge in [-0.2, -0.15) is 0 Å². The maximum Gasteiger partial charge on any atom is 0.270 e. The lowest BCUT2D eigenvalue weighted by molar-refractivity contribution is -0.384. The highest BCUT2D eigenvalue weighted by Crippen LogP contribution is 2.24. The Morgan fingerprint density at radius 3 is 2.67 bits per heavy atom. The van der Waals surface area contributed by atoms with Gasteiger partial charge in [-0.15, -0.1) is 0 Å². The lowest BCUT2D eigenvalue weighted by atomic mass is 10.1. The molecule has 21 heavy (non-hydrogen) atoms. The summed E-state index contributed by atoms with van der Waals surface area (Å²) in [6.45, 7) is 2.51. The summed E-state index contributed by atoms with van der Waals surface area (Å²) in [7, 11) is 1.55. The number of hydrogen-bond donors (Lipinski definition) is 1. The first-order valence-electron chi connectivity index (χ1n) is 6.56. The zero-order valence-corrected chi connectivity index (χ0v) is 11.9. The molecule has 0 aliphatic rings. The summed E-state index contributed by atoms with van der Waals surface area (Å²) in [5, 5.41) is 14.2. The summed E-state index contributed by atoms with van der Waals surface area (Å²) in [6, 6.07) is 8.56. The molecule has 0 amide bonds. The van der Waals surface area contributed by atoms with Crippen molar-refractivity contribution < 1.29 is 9.66 Å². The van der Waals surface area contributed by atoms with Gasteiger partial charge in [0.15, 0.2) is 0 Å². The Kier molecular flexibility index (Phi) is 4.84. The molecule has 0 saturated heterocycles. The van der Waals surface area contributed by atoms with Crippen molar-refractivity contribution in [2.24, 2.45) is 0 Å². The normalized spacial score (nSPS) is 11.9. The number of benzene rings is 1. The van der Waals surface area contributed by atoms with Crippen molar-refractivity contribution in [3.05, 3.63) is 64.0 Å². The molecule has 2 aromatic rings. The van der Waals surface area contributed by atoms with E-state index in [1.165, 1.54) is 12.1 Å². The third-order valence-electron chi connectivity index (χ3n) is 3.28. The predicted octanol–water partition coefficient (Wildman–Crippen LogP) is 2.85. The van der Waals surface area contributed by atoms with E-state index < -0.39 is 4.92 Å². The molecule has 0 bridgehead atoms. The lowest BCUT2D eigenvalue weighted by Crippen LogP contribution is -2.18. The fraction of sp³-hybridized carbons (Fsp3) is 0.267. The number of rotatable bonds is 6. The van der Waals surface area contributed by atoms with Crippen LogP contribution in [-0.4, -0.2) is 17.0 Å². The van der Waals surface area contributed by atoms with Crippen LogP contribution in [0.3, 0.4) is 0 Å². The predicted molar refractivity (Wildman–Crippen MR) is 79.1 cm³/mol. The second kappa shape index (κ2) is 6.81. The molecule has 1 atom stereocenters. The van der Waals surface area contributed by atoms with Crippen LogP contribution in [0.1, 0.15) is 24.1 Å². The first-order chi connectivity index (χ1) is 10.1. The average Bonchev–Trinajstić information content (AvgIpc) is 2.53. The van der Waals surface area contributed by atoms with E-state index in [4.69, 9.17) is 4.74 Å². The minimum atomic E-state index is -0.408. The van der Waals surface area contributed by atoms with E-state index in [-0.39, 0.29) is 11.7 Å². The third-order valence-corrected chi connectivity index (χ3v) is 3.28. The van der Waals surface area contributed by atoms with Crippen LogP contribution in [0.2, 0.25) is 0 Å². The summed E-state index contributed by atoms with van der Waals surface area (Å²) in [6.07, 6.45) is 3.48. The molecular weight excluding hydrogens is 270 g/mol. The molecule has 0 radical (unpaired) electrons. The largest absolute Gasteiger partial charge is 0.496 e. The zero-order valence-electron chi connectivity index (χ0n) is 11.9. The van der Waals surface area contributed by atoms with Gasteiger partial charge in [0.05, 0.1) is 12.0 Å². The van der Waals surface area contributed by atoms with Crippen LogP contribution >= 0.6 is 0 Å². The number of nitro benzene ring substituents is 1. The Bertz CT molecular complexity index is 617. The van der Waals surface area contributed by atoms with Gasteiger partial charge in [-0.3, -0.25) is 15.1 Å². The van der Waals surface area contributed by atoms with Gasteiger partial charge < -0.3 is 10.1 Å². The highest BCUT2D eigenvalue weighted by atomic mass is 16.6. The summed E-state index contributed by atoms with van der Waals surface area (Å²) in [5.41, 5.74) is 1.92. The number of nitrogens with zero attached hydrogens (tertiary/aromatic N) is 2. The molecule has 6 nitrogen and oxygen atoms in total. The summed E-state index contributed by atoms with van der Waals surface area (Å²) >= 11 is 0. The van der Waals surface area contributed by atoms with E-state index in [1.807, 2.05) is 19.1 Å². The molecular formula is C15H17N3O3. The van der Waals surface area contributed by atoms with Crippen molar-refractivity contribution >= 4 is 5.69 Å². The molecule has 0 aliphatic carbocycles. The number of methoxy groups -OCH3 is 1. The van der Waals surface area contributed by atoms with E-state index in [9.17, 15) is 10.1 Å². The van der Waals surface area contributed by atoms with Crippen molar-refractivity contribution in [2.75, 3.05) is 7.11 Å². The van der Waals surface area contributed by atoms with Crippen LogP contribution in [0.5, 0.6) is 5.75 Å². The van der Waals surface area contributed by atoms with Crippen LogP contribution in [0.25, 0.3) is 0 Å². The van der Waals surface area contributed by atoms with E-state index >= 15 is 0 Å². The van der Waals surface area contributed by atoms with Gasteiger partial charge in [-0.25, -0.2) is 0 Å². The number of non-ortho nitro benzene ring substituents is 1. The molecule has 0 fully saturated rings. The van der Waals surface area contributed by atoms with Gasteiger partial charge in [0.1, 0.15) is 5.75 Å². The highest BCUT2D eigenvalue weighted by Gasteiger charge is 2.12. The van der Waals surface area contributed by atoms with E-state index in [0.717, 1.165) is 11.1 Å². The van der Waals surface area contributed by atoms with Gasteiger partial charge >= 0.3 is 0 Å². The number of pyridine rings is 1. The number of aromatic nitrogens is 1. The van der Waals surface area contributed by atoms with Gasteiger partial charge in [0, 0.05) is 42.7 Å². The first kappa shape index (κ1) is 14.9. The van der Waals surface area contributed by atoms with Crippen molar-refractivity contribution in [1.29, 1.82) is 0 Å². The maximum absolute atomic E-state index is 10.8. The highest BCUT2D eigenvalue weighted by molar-refractivity contribution is 5.43. The topological polar surface area (TPSA) is 77.3 Å². The van der Waals surface area contributed by atoms with Crippen LogP contribution in [0, 0.1) is 10.1 Å². The quantitative estimate of drug-likeness (QED) is 0.653. The molecule has 1 heterocycles. The number of nitro groups is 1. The number of nitrogens with one attached hydrogen (secondary N) is 1. The smallest absolute Gasteiger partial charge is 0.270 e. The standard InChI is InChI=1S/C15H17N3O3/c1-11(12-5-7-16-8-6-12)17-10-13-9-14(18(19)20)3-4-15(13)21-2/h3-9,11,17H,10H2,1-2H3/t11-/m0/s1. The minimum absolute atomic E-state index is 0.0594. The third kappa shape index (κ3) is 3.76. The van der Waals surface area contributed by atoms with Crippen molar-refractivity contribution in [2.45, 2.75) is 19.5 Å². The molecule has 1 aromatic heterocycles. The Morgan fingerprint density at radius 1 is 1.33 bits per heavy atom. The van der Waals surface area contributed by atoms with Gasteiger partial charge in [0.2, 0.25) is 0 Å². The number of ether oxygens (including phenoxy) is 1. The van der Waals surface area contributed by atoms with Gasteiger partial charge in [0.25, 0.3) is 5.69 Å². The van der Waals surface area contributed by atoms with Crippen LogP contribution < -0.4 is 10.1 Å². The summed E-state index contributed by atoms with van der Waals surface area (Å²) in [5.74, 6) is 0.634. The molecule has 0 saturated carbocycles. The molecule has 1 N–H and O–H groups in total. The summed E-state index contributed by atoms with van der Waals surface area (Å²) in [4.78, 5) is 14.4. The Hall–Kier alpha value is -2.47. The van der Waals surface area contributed by atoms with E-state index in [0.29, 0.717) is 12.3 Å². The lowest BCUT2D eigenvalue weighted by Gasteiger charge is -2.15. The van der Waals surface area contributed by atoms with Gasteiger partial charge in [-0.1, -0.05) is 0 Å². The van der Waals surface area contributed by atoms with Crippen LogP contribution in [0.4, 0.5) is 5.69 Å². The molecule has 1 aromatic carbocycles. The molecule has 0 spiro atoms. The Balaban J connectivity index is 2.11. The van der Waals surface area contributed by atoms with Gasteiger partial charge in [-0.05, 0) is 30.7 Å². The SMILES string of the molecule is COc1ccc([N+](=O)[O-])cc1CN[C@@H](C)c1ccncc1. The van der Waals surface area contributed by atoms with Crippen molar-refractivity contribution in [3.8, 4) is 5.75 Å². The second-order valence-corrected chi connectivity index (χ2v) is 4.64. The molecule has 110 valence electrons. The summed E-state index contributed by atoms with van der Waals surface area (Å²) < 4.78 is 5.25. The molecule has 2 rings (SSSR count). The van der Waals surface area contributed by atoms with Crippen molar-refractivity contribution in [1.82, 2.24) is 10.3 Å². The molecule has 6 heteroatoms. The minimum Gasteiger partial charge on any atom is -0.496 e. The van der Waals surface area contributed by atoms with Crippen LogP contribution in [0.15, 0.2) is 42.7 Å². The van der Waals surface area contributed by atoms with Crippen molar-refractivity contribution in [3.63, 3.8) is 0 Å². The zero-order chi connectivity index (χ0) is 15.2. The fourth-order valence-electron chi connectivity index (χ4n) is 2.05. The molecule has 0 aliphatic heterocycles. The van der Waals surface area contributed by atoms with E-state index in [1.54, 1.807) is 25.6 Å². The first-order valence-corrected chi connectivity index (χ1v) is 6.56. The fourth-order valence-corrected chi connectivity index (χ4v) is 2.05. The number of hydrogen-bond acceptors (Lipinski definition) is 5. The van der Waals surface area contributed by atoms with E-state index in [2.05, 4.69) is 10.3 Å².